The van der Waals surface area contributed by atoms with E-state index in [4.69, 9.17) is 11.8 Å². The molecule has 0 radical (unpaired) electrons. The summed E-state index contributed by atoms with van der Waals surface area (Å²) in [7, 11) is 0. The zero-order valence-electron chi connectivity index (χ0n) is 15.3. The monoisotopic (exact) mass is 430 g/mol. The van der Waals surface area contributed by atoms with Crippen molar-refractivity contribution in [2.24, 2.45) is 0 Å². The normalized spacial score (nSPS) is 12.9. The van der Waals surface area contributed by atoms with Crippen molar-refractivity contribution in [1.82, 2.24) is 5.09 Å². The molecule has 0 bridgehead atoms. The first-order valence-corrected chi connectivity index (χ1v) is 11.7. The van der Waals surface area contributed by atoms with Crippen molar-refractivity contribution in [2.45, 2.75) is 18.6 Å². The molecule has 0 spiro atoms. The van der Waals surface area contributed by atoms with Crippen LogP contribution in [0.5, 0.6) is 0 Å². The van der Waals surface area contributed by atoms with Gasteiger partial charge in [-0.15, -0.1) is 0 Å². The van der Waals surface area contributed by atoms with E-state index in [0.717, 1.165) is 22.7 Å². The molecular formula is C22H18F3N2PS. The molecule has 0 aliphatic rings. The molecule has 0 aliphatic heterocycles. The van der Waals surface area contributed by atoms with E-state index in [1.807, 2.05) is 60.7 Å². The first-order chi connectivity index (χ1) is 13.8. The number of nitrogens with zero attached hydrogens (tertiary/aromatic N) is 1. The maximum absolute atomic E-state index is 13.2. The molecule has 7 heteroatoms. The summed E-state index contributed by atoms with van der Waals surface area (Å²) in [5, 5.41) is 14.5. The van der Waals surface area contributed by atoms with Crippen LogP contribution in [-0.4, -0.2) is 0 Å². The van der Waals surface area contributed by atoms with Crippen LogP contribution < -0.4 is 15.7 Å². The third-order valence-corrected chi connectivity index (χ3v) is 8.80. The summed E-state index contributed by atoms with van der Waals surface area (Å²) in [6.45, 7) is 0. The number of nitriles is 1. The van der Waals surface area contributed by atoms with E-state index >= 15 is 0 Å². The van der Waals surface area contributed by atoms with Crippen LogP contribution in [0, 0.1) is 11.3 Å². The summed E-state index contributed by atoms with van der Waals surface area (Å²) < 4.78 is 39.6. The Labute approximate surface area is 173 Å². The molecule has 0 amide bonds. The molecular weight excluding hydrogens is 412 g/mol. The van der Waals surface area contributed by atoms with Gasteiger partial charge in [-0.1, -0.05) is 84.6 Å². The van der Waals surface area contributed by atoms with Crippen molar-refractivity contribution < 1.29 is 13.2 Å². The zero-order chi connectivity index (χ0) is 20.9. The second-order valence-electron chi connectivity index (χ2n) is 6.45. The Morgan fingerprint density at radius 3 is 1.93 bits per heavy atom. The van der Waals surface area contributed by atoms with Gasteiger partial charge >= 0.3 is 6.18 Å². The largest absolute Gasteiger partial charge is 0.416 e. The minimum absolute atomic E-state index is 0.000627. The summed E-state index contributed by atoms with van der Waals surface area (Å²) in [6, 6.07) is 25.5. The molecule has 3 rings (SSSR count). The van der Waals surface area contributed by atoms with Crippen LogP contribution in [0.2, 0.25) is 0 Å². The van der Waals surface area contributed by atoms with Crippen LogP contribution in [0.25, 0.3) is 0 Å². The number of rotatable bonds is 6. The lowest BCUT2D eigenvalue weighted by Crippen LogP contribution is -2.30. The van der Waals surface area contributed by atoms with Gasteiger partial charge in [0.25, 0.3) is 0 Å². The lowest BCUT2D eigenvalue weighted by molar-refractivity contribution is -0.137. The molecule has 0 saturated carbocycles. The van der Waals surface area contributed by atoms with Crippen LogP contribution in [0.3, 0.4) is 0 Å². The second kappa shape index (κ2) is 8.92. The van der Waals surface area contributed by atoms with Gasteiger partial charge in [-0.05, 0) is 17.7 Å². The Morgan fingerprint density at radius 1 is 0.897 bits per heavy atom. The fourth-order valence-electron chi connectivity index (χ4n) is 3.05. The minimum atomic E-state index is -4.45. The Bertz CT molecular complexity index is 1000. The first-order valence-electron chi connectivity index (χ1n) is 8.88. The number of hydrogen-bond acceptors (Lipinski definition) is 2. The molecule has 29 heavy (non-hydrogen) atoms. The van der Waals surface area contributed by atoms with Crippen LogP contribution in [0.1, 0.15) is 23.6 Å². The van der Waals surface area contributed by atoms with Crippen LogP contribution >= 0.6 is 6.19 Å². The van der Waals surface area contributed by atoms with E-state index in [0.29, 0.717) is 5.56 Å². The maximum Gasteiger partial charge on any atom is 0.416 e. The number of alkyl halides is 3. The van der Waals surface area contributed by atoms with E-state index in [1.54, 1.807) is 6.07 Å². The van der Waals surface area contributed by atoms with Gasteiger partial charge in [0.15, 0.2) is 0 Å². The summed E-state index contributed by atoms with van der Waals surface area (Å²) in [6.07, 6.45) is -7.03. The Morgan fingerprint density at radius 2 is 1.45 bits per heavy atom. The summed E-state index contributed by atoms with van der Waals surface area (Å²) in [5.41, 5.74) is -0.352. The molecule has 0 heterocycles. The molecule has 0 saturated heterocycles. The molecule has 148 valence electrons. The van der Waals surface area contributed by atoms with E-state index in [9.17, 15) is 18.4 Å². The highest BCUT2D eigenvalue weighted by atomic mass is 32.4. The molecule has 3 aromatic rings. The van der Waals surface area contributed by atoms with E-state index < -0.39 is 24.0 Å². The van der Waals surface area contributed by atoms with Gasteiger partial charge in [0.2, 0.25) is 0 Å². The van der Waals surface area contributed by atoms with Gasteiger partial charge in [0.1, 0.15) is 0 Å². The standard InChI is InChI=1S/C22H18F3N2PS/c23-22(24,25)18-9-7-8-17(16-18)21(14-15-26)27-28(29,19-10-3-1-4-11-19)20-12-5-2-6-13-20/h1-13,16,21H,14H2,(H,27,29)/t21-/m0/s1. The average molecular weight is 430 g/mol. The predicted octanol–water partition coefficient (Wildman–Crippen LogP) is 5.30. The van der Waals surface area contributed by atoms with Crippen molar-refractivity contribution in [1.29, 1.82) is 5.26 Å². The quantitative estimate of drug-likeness (QED) is 0.540. The highest BCUT2D eigenvalue weighted by molar-refractivity contribution is 8.20. The number of hydrogen-bond donors (Lipinski definition) is 1. The number of benzene rings is 3. The smallest absolute Gasteiger partial charge is 0.274 e. The first kappa shape index (κ1) is 21.3. The predicted molar refractivity (Wildman–Crippen MR) is 114 cm³/mol. The Balaban J connectivity index is 2.08. The highest BCUT2D eigenvalue weighted by Crippen LogP contribution is 2.43. The van der Waals surface area contributed by atoms with E-state index in [1.165, 1.54) is 6.07 Å². The SMILES string of the molecule is N#CC[C@H](NP(=S)(c1ccccc1)c1ccccc1)c1cccc(C(F)(F)F)c1. The molecule has 3 aromatic carbocycles. The highest BCUT2D eigenvalue weighted by Gasteiger charge is 2.32. The van der Waals surface area contributed by atoms with E-state index in [-0.39, 0.29) is 6.42 Å². The Hall–Kier alpha value is -2.45. The topological polar surface area (TPSA) is 35.8 Å². The van der Waals surface area contributed by atoms with Gasteiger partial charge in [-0.25, -0.2) is 0 Å². The summed E-state index contributed by atoms with van der Waals surface area (Å²) in [5.74, 6) is 0. The third kappa shape index (κ3) is 4.94. The summed E-state index contributed by atoms with van der Waals surface area (Å²) in [4.78, 5) is 0. The fraction of sp³-hybridized carbons (Fsp3) is 0.136. The molecule has 0 unspecified atom stereocenters. The minimum Gasteiger partial charge on any atom is -0.274 e. The molecule has 0 aromatic heterocycles. The van der Waals surface area contributed by atoms with Gasteiger partial charge in [0, 0.05) is 16.7 Å². The lowest BCUT2D eigenvalue weighted by Gasteiger charge is -2.29. The van der Waals surface area contributed by atoms with Crippen molar-refractivity contribution in [3.05, 3.63) is 96.1 Å². The second-order valence-corrected chi connectivity index (χ2v) is 10.6. The maximum atomic E-state index is 13.2. The zero-order valence-corrected chi connectivity index (χ0v) is 17.0. The molecule has 0 aliphatic carbocycles. The number of nitrogens with one attached hydrogen (secondary N) is 1. The van der Waals surface area contributed by atoms with Crippen molar-refractivity contribution in [3.63, 3.8) is 0 Å². The van der Waals surface area contributed by atoms with Crippen LogP contribution in [-0.2, 0) is 18.0 Å². The van der Waals surface area contributed by atoms with Crippen LogP contribution in [0.15, 0.2) is 84.9 Å². The van der Waals surface area contributed by atoms with E-state index in [2.05, 4.69) is 11.2 Å². The summed E-state index contributed by atoms with van der Waals surface area (Å²) >= 11 is 6.10. The Kier molecular flexibility index (Phi) is 6.54. The van der Waals surface area contributed by atoms with Gasteiger partial charge in [0.05, 0.1) is 24.2 Å². The van der Waals surface area contributed by atoms with Gasteiger partial charge < -0.3 is 0 Å². The fourth-order valence-corrected chi connectivity index (χ4v) is 6.63. The average Bonchev–Trinajstić information content (AvgIpc) is 2.74. The molecule has 1 atom stereocenters. The third-order valence-electron chi connectivity index (χ3n) is 4.49. The van der Waals surface area contributed by atoms with Crippen molar-refractivity contribution >= 4 is 28.6 Å². The molecule has 0 fully saturated rings. The van der Waals surface area contributed by atoms with Crippen molar-refractivity contribution in [2.75, 3.05) is 0 Å². The lowest BCUT2D eigenvalue weighted by atomic mass is 10.0. The molecule has 1 N–H and O–H groups in total. The van der Waals surface area contributed by atoms with Crippen LogP contribution in [0.4, 0.5) is 13.2 Å². The number of halogens is 3. The molecule has 2 nitrogen and oxygen atoms in total. The van der Waals surface area contributed by atoms with Gasteiger partial charge in [-0.3, -0.25) is 5.09 Å². The van der Waals surface area contributed by atoms with Crippen molar-refractivity contribution in [3.8, 4) is 6.07 Å². The van der Waals surface area contributed by atoms with Gasteiger partial charge in [-0.2, -0.15) is 18.4 Å².